The molecule has 0 aromatic carbocycles. The van der Waals surface area contributed by atoms with Crippen LogP contribution in [0.4, 0.5) is 0 Å². The van der Waals surface area contributed by atoms with Crippen molar-refractivity contribution >= 4 is 0 Å². The Bertz CT molecular complexity index is 343. The molecule has 0 spiro atoms. The first kappa shape index (κ1) is 10.9. The number of aryl methyl sites for hydroxylation is 1. The van der Waals surface area contributed by atoms with Crippen molar-refractivity contribution in [2.75, 3.05) is 0 Å². The highest BCUT2D eigenvalue weighted by molar-refractivity contribution is 5.00. The van der Waals surface area contributed by atoms with E-state index in [9.17, 15) is 4.79 Å². The van der Waals surface area contributed by atoms with Gasteiger partial charge in [0.2, 0.25) is 0 Å². The molecule has 1 aromatic rings. The molecular formula is C10H17N3O. The SMILES string of the molecule is CCn1nc(CNC(C)C)ccc1=O. The van der Waals surface area contributed by atoms with Gasteiger partial charge in [-0.15, -0.1) is 0 Å². The fraction of sp³-hybridized carbons (Fsp3) is 0.600. The van der Waals surface area contributed by atoms with Crippen LogP contribution in [-0.4, -0.2) is 15.8 Å². The Labute approximate surface area is 84.0 Å². The average molecular weight is 195 g/mol. The smallest absolute Gasteiger partial charge is 0.266 e. The topological polar surface area (TPSA) is 46.9 Å². The third-order valence-corrected chi connectivity index (χ3v) is 1.91. The zero-order valence-corrected chi connectivity index (χ0v) is 8.95. The molecule has 0 saturated carbocycles. The minimum Gasteiger partial charge on any atom is -0.309 e. The summed E-state index contributed by atoms with van der Waals surface area (Å²) >= 11 is 0. The molecule has 0 unspecified atom stereocenters. The summed E-state index contributed by atoms with van der Waals surface area (Å²) in [6.45, 7) is 7.39. The zero-order valence-electron chi connectivity index (χ0n) is 8.95. The number of hydrogen-bond acceptors (Lipinski definition) is 3. The summed E-state index contributed by atoms with van der Waals surface area (Å²) in [4.78, 5) is 11.2. The van der Waals surface area contributed by atoms with E-state index >= 15 is 0 Å². The minimum atomic E-state index is -0.0409. The van der Waals surface area contributed by atoms with E-state index in [1.165, 1.54) is 4.68 Å². The molecule has 4 heteroatoms. The third-order valence-electron chi connectivity index (χ3n) is 1.91. The Balaban J connectivity index is 2.74. The molecular weight excluding hydrogens is 178 g/mol. The molecule has 1 rings (SSSR count). The molecule has 0 saturated heterocycles. The number of nitrogens with one attached hydrogen (secondary N) is 1. The van der Waals surface area contributed by atoms with Crippen LogP contribution in [0.25, 0.3) is 0 Å². The van der Waals surface area contributed by atoms with Gasteiger partial charge in [-0.3, -0.25) is 4.79 Å². The normalized spacial score (nSPS) is 10.9. The van der Waals surface area contributed by atoms with Crippen molar-refractivity contribution in [3.8, 4) is 0 Å². The van der Waals surface area contributed by atoms with Crippen molar-refractivity contribution in [2.24, 2.45) is 0 Å². The van der Waals surface area contributed by atoms with E-state index in [0.29, 0.717) is 19.1 Å². The quantitative estimate of drug-likeness (QED) is 0.771. The Hall–Kier alpha value is -1.16. The van der Waals surface area contributed by atoms with Crippen LogP contribution in [0.5, 0.6) is 0 Å². The second-order valence-corrected chi connectivity index (χ2v) is 3.51. The summed E-state index contributed by atoms with van der Waals surface area (Å²) in [5.41, 5.74) is 0.862. The molecule has 0 radical (unpaired) electrons. The largest absolute Gasteiger partial charge is 0.309 e. The molecule has 1 heterocycles. The van der Waals surface area contributed by atoms with E-state index in [-0.39, 0.29) is 5.56 Å². The van der Waals surface area contributed by atoms with E-state index in [1.54, 1.807) is 12.1 Å². The molecule has 0 fully saturated rings. The van der Waals surface area contributed by atoms with Gasteiger partial charge in [-0.25, -0.2) is 4.68 Å². The lowest BCUT2D eigenvalue weighted by Crippen LogP contribution is -2.26. The van der Waals surface area contributed by atoms with Gasteiger partial charge < -0.3 is 5.32 Å². The minimum absolute atomic E-state index is 0.0409. The molecule has 0 aliphatic carbocycles. The monoisotopic (exact) mass is 195 g/mol. The first-order valence-electron chi connectivity index (χ1n) is 4.94. The van der Waals surface area contributed by atoms with Crippen LogP contribution < -0.4 is 10.9 Å². The first-order chi connectivity index (χ1) is 6.63. The fourth-order valence-electron chi connectivity index (χ4n) is 1.12. The maximum atomic E-state index is 11.2. The van der Waals surface area contributed by atoms with Crippen LogP contribution in [-0.2, 0) is 13.1 Å². The van der Waals surface area contributed by atoms with Crippen molar-refractivity contribution < 1.29 is 0 Å². The van der Waals surface area contributed by atoms with E-state index in [2.05, 4.69) is 24.3 Å². The Morgan fingerprint density at radius 1 is 1.50 bits per heavy atom. The van der Waals surface area contributed by atoms with Gasteiger partial charge in [0.15, 0.2) is 0 Å². The molecule has 14 heavy (non-hydrogen) atoms. The number of hydrogen-bond donors (Lipinski definition) is 1. The summed E-state index contributed by atoms with van der Waals surface area (Å²) in [6, 6.07) is 3.76. The third kappa shape index (κ3) is 2.96. The van der Waals surface area contributed by atoms with Gasteiger partial charge in [0.1, 0.15) is 0 Å². The molecule has 1 N–H and O–H groups in total. The summed E-state index contributed by atoms with van der Waals surface area (Å²) in [6.07, 6.45) is 0. The highest BCUT2D eigenvalue weighted by Gasteiger charge is 1.99. The number of aromatic nitrogens is 2. The summed E-state index contributed by atoms with van der Waals surface area (Å²) in [5.74, 6) is 0. The molecule has 1 aromatic heterocycles. The van der Waals surface area contributed by atoms with E-state index in [1.807, 2.05) is 6.92 Å². The van der Waals surface area contributed by atoms with E-state index < -0.39 is 0 Å². The maximum Gasteiger partial charge on any atom is 0.266 e. The van der Waals surface area contributed by atoms with Crippen molar-refractivity contribution in [3.05, 3.63) is 28.2 Å². The average Bonchev–Trinajstić information content (AvgIpc) is 2.16. The predicted octanol–water partition coefficient (Wildman–Crippen LogP) is 0.761. The number of nitrogens with zero attached hydrogens (tertiary/aromatic N) is 2. The second kappa shape index (κ2) is 4.91. The van der Waals surface area contributed by atoms with Crippen molar-refractivity contribution in [1.29, 1.82) is 0 Å². The highest BCUT2D eigenvalue weighted by atomic mass is 16.1. The Morgan fingerprint density at radius 3 is 2.79 bits per heavy atom. The van der Waals surface area contributed by atoms with Crippen LogP contribution >= 0.6 is 0 Å². The van der Waals surface area contributed by atoms with Gasteiger partial charge in [0.25, 0.3) is 5.56 Å². The molecule has 0 aliphatic rings. The Morgan fingerprint density at radius 2 is 2.21 bits per heavy atom. The van der Waals surface area contributed by atoms with Crippen LogP contribution in [0, 0.1) is 0 Å². The molecule has 0 atom stereocenters. The van der Waals surface area contributed by atoms with Gasteiger partial charge in [-0.05, 0) is 13.0 Å². The van der Waals surface area contributed by atoms with Crippen molar-refractivity contribution in [3.63, 3.8) is 0 Å². The molecule has 4 nitrogen and oxygen atoms in total. The Kier molecular flexibility index (Phi) is 3.83. The second-order valence-electron chi connectivity index (χ2n) is 3.51. The van der Waals surface area contributed by atoms with Crippen LogP contribution in [0.3, 0.4) is 0 Å². The van der Waals surface area contributed by atoms with E-state index in [0.717, 1.165) is 5.69 Å². The lowest BCUT2D eigenvalue weighted by Gasteiger charge is -2.08. The molecule has 0 amide bonds. The molecule has 0 bridgehead atoms. The summed E-state index contributed by atoms with van der Waals surface area (Å²) in [7, 11) is 0. The first-order valence-corrected chi connectivity index (χ1v) is 4.94. The summed E-state index contributed by atoms with van der Waals surface area (Å²) in [5, 5.41) is 7.46. The van der Waals surface area contributed by atoms with E-state index in [4.69, 9.17) is 0 Å². The van der Waals surface area contributed by atoms with Gasteiger partial charge in [-0.1, -0.05) is 13.8 Å². The molecule has 78 valence electrons. The van der Waals surface area contributed by atoms with Gasteiger partial charge >= 0.3 is 0 Å². The molecule has 0 aliphatic heterocycles. The van der Waals surface area contributed by atoms with Crippen molar-refractivity contribution in [1.82, 2.24) is 15.1 Å². The van der Waals surface area contributed by atoms with Crippen LogP contribution in [0.1, 0.15) is 26.5 Å². The van der Waals surface area contributed by atoms with Crippen LogP contribution in [0.15, 0.2) is 16.9 Å². The van der Waals surface area contributed by atoms with Gasteiger partial charge in [0, 0.05) is 25.2 Å². The zero-order chi connectivity index (χ0) is 10.6. The number of rotatable bonds is 4. The summed E-state index contributed by atoms with van der Waals surface area (Å²) < 4.78 is 1.47. The van der Waals surface area contributed by atoms with Crippen LogP contribution in [0.2, 0.25) is 0 Å². The van der Waals surface area contributed by atoms with Crippen molar-refractivity contribution in [2.45, 2.75) is 39.9 Å². The lowest BCUT2D eigenvalue weighted by atomic mass is 10.3. The maximum absolute atomic E-state index is 11.2. The van der Waals surface area contributed by atoms with Gasteiger partial charge in [0.05, 0.1) is 5.69 Å². The lowest BCUT2D eigenvalue weighted by molar-refractivity contribution is 0.545. The fourth-order valence-corrected chi connectivity index (χ4v) is 1.12. The predicted molar refractivity (Wildman–Crippen MR) is 56.1 cm³/mol. The van der Waals surface area contributed by atoms with Gasteiger partial charge in [-0.2, -0.15) is 5.10 Å². The highest BCUT2D eigenvalue weighted by Crippen LogP contribution is 1.91. The standard InChI is InChI=1S/C10H17N3O/c1-4-13-10(14)6-5-9(12-13)7-11-8(2)3/h5-6,8,11H,4,7H2,1-3H3.